The molecule has 1 aromatic rings. The summed E-state index contributed by atoms with van der Waals surface area (Å²) in [5.74, 6) is 0.626. The lowest BCUT2D eigenvalue weighted by molar-refractivity contribution is 0.000912. The number of hydrogen-bond acceptors (Lipinski definition) is 5. The molecule has 0 amide bonds. The highest BCUT2D eigenvalue weighted by Crippen LogP contribution is 2.23. The summed E-state index contributed by atoms with van der Waals surface area (Å²) in [6.07, 6.45) is 5.31. The van der Waals surface area contributed by atoms with Crippen molar-refractivity contribution in [2.24, 2.45) is 5.92 Å². The average molecular weight is 336 g/mol. The summed E-state index contributed by atoms with van der Waals surface area (Å²) in [5.41, 5.74) is 1.26. The van der Waals surface area contributed by atoms with Gasteiger partial charge in [0.25, 0.3) is 0 Å². The van der Waals surface area contributed by atoms with E-state index in [9.17, 15) is 0 Å². The summed E-state index contributed by atoms with van der Waals surface area (Å²) in [4.78, 5) is 2.58. The van der Waals surface area contributed by atoms with Gasteiger partial charge in [-0.2, -0.15) is 5.10 Å². The second-order valence-electron chi connectivity index (χ2n) is 7.32. The molecule has 2 aliphatic heterocycles. The smallest absolute Gasteiger partial charge is 0.0594 e. The zero-order chi connectivity index (χ0) is 16.9. The molecule has 2 fully saturated rings. The largest absolute Gasteiger partial charge is 0.381 e. The molecule has 1 aromatic heterocycles. The molecule has 6 nitrogen and oxygen atoms in total. The molecule has 136 valence electrons. The van der Waals surface area contributed by atoms with Crippen LogP contribution in [-0.2, 0) is 9.47 Å². The molecule has 6 heteroatoms. The van der Waals surface area contributed by atoms with Crippen molar-refractivity contribution in [1.29, 1.82) is 0 Å². The van der Waals surface area contributed by atoms with Crippen LogP contribution < -0.4 is 5.32 Å². The Hall–Kier alpha value is -0.950. The van der Waals surface area contributed by atoms with Crippen molar-refractivity contribution in [2.45, 2.75) is 45.3 Å². The van der Waals surface area contributed by atoms with Gasteiger partial charge in [-0.25, -0.2) is 0 Å². The van der Waals surface area contributed by atoms with Gasteiger partial charge >= 0.3 is 0 Å². The molecule has 24 heavy (non-hydrogen) atoms. The van der Waals surface area contributed by atoms with Crippen molar-refractivity contribution in [1.82, 2.24) is 20.0 Å². The van der Waals surface area contributed by atoms with Crippen LogP contribution in [-0.4, -0.2) is 66.8 Å². The van der Waals surface area contributed by atoms with Gasteiger partial charge in [0.1, 0.15) is 0 Å². The lowest BCUT2D eigenvalue weighted by atomic mass is 9.96. The van der Waals surface area contributed by atoms with Crippen LogP contribution in [0.15, 0.2) is 12.4 Å². The molecule has 3 heterocycles. The molecule has 2 saturated heterocycles. The second-order valence-corrected chi connectivity index (χ2v) is 7.32. The van der Waals surface area contributed by atoms with Gasteiger partial charge < -0.3 is 14.8 Å². The highest BCUT2D eigenvalue weighted by Gasteiger charge is 2.31. The Morgan fingerprint density at radius 2 is 2.00 bits per heavy atom. The van der Waals surface area contributed by atoms with Gasteiger partial charge in [0.15, 0.2) is 0 Å². The number of nitrogens with zero attached hydrogens (tertiary/aromatic N) is 3. The van der Waals surface area contributed by atoms with Crippen LogP contribution in [0, 0.1) is 5.92 Å². The number of nitrogens with one attached hydrogen (secondary N) is 1. The van der Waals surface area contributed by atoms with E-state index in [1.54, 1.807) is 0 Å². The van der Waals surface area contributed by atoms with Gasteiger partial charge in [-0.05, 0) is 27.2 Å². The minimum Gasteiger partial charge on any atom is -0.381 e. The molecular weight excluding hydrogens is 304 g/mol. The van der Waals surface area contributed by atoms with E-state index in [4.69, 9.17) is 9.47 Å². The topological polar surface area (TPSA) is 51.5 Å². The lowest BCUT2D eigenvalue weighted by Gasteiger charge is -2.38. The van der Waals surface area contributed by atoms with Crippen LogP contribution in [0.3, 0.4) is 0 Å². The number of hydrogen-bond donors (Lipinski definition) is 1. The predicted octanol–water partition coefficient (Wildman–Crippen LogP) is 1.85. The van der Waals surface area contributed by atoms with Crippen LogP contribution in [0.5, 0.6) is 0 Å². The summed E-state index contributed by atoms with van der Waals surface area (Å²) in [7, 11) is 0. The van der Waals surface area contributed by atoms with Crippen molar-refractivity contribution in [3.63, 3.8) is 0 Å². The van der Waals surface area contributed by atoms with E-state index in [-0.39, 0.29) is 0 Å². The summed E-state index contributed by atoms with van der Waals surface area (Å²) in [6.45, 7) is 13.1. The van der Waals surface area contributed by atoms with Crippen LogP contribution in [0.4, 0.5) is 0 Å². The monoisotopic (exact) mass is 336 g/mol. The van der Waals surface area contributed by atoms with Gasteiger partial charge in [-0.1, -0.05) is 0 Å². The SMILES string of the molecule is CC(C)n1cc([C@H](C)NC[C@H]([C@@H]2CCOC2)N2CCOCC2)cn1. The van der Waals surface area contributed by atoms with E-state index < -0.39 is 0 Å². The fourth-order valence-corrected chi connectivity index (χ4v) is 3.63. The molecule has 0 spiro atoms. The standard InChI is InChI=1S/C18H32N4O2/c1-14(2)22-12-17(10-20-22)15(3)19-11-18(16-4-7-24-13-16)21-5-8-23-9-6-21/h10,12,14-16,18-19H,4-9,11,13H2,1-3H3/t15-,16+,18+/m0/s1. The average Bonchev–Trinajstić information content (AvgIpc) is 3.28. The molecule has 0 radical (unpaired) electrons. The van der Waals surface area contributed by atoms with Crippen molar-refractivity contribution in [2.75, 3.05) is 46.1 Å². The van der Waals surface area contributed by atoms with Crippen molar-refractivity contribution in [3.8, 4) is 0 Å². The van der Waals surface area contributed by atoms with E-state index in [1.807, 2.05) is 10.9 Å². The summed E-state index contributed by atoms with van der Waals surface area (Å²) < 4.78 is 13.2. The molecular formula is C18H32N4O2. The van der Waals surface area contributed by atoms with Gasteiger partial charge in [0.2, 0.25) is 0 Å². The molecule has 0 aromatic carbocycles. The summed E-state index contributed by atoms with van der Waals surface area (Å²) >= 11 is 0. The minimum absolute atomic E-state index is 0.309. The maximum Gasteiger partial charge on any atom is 0.0594 e. The Kier molecular flexibility index (Phi) is 6.27. The van der Waals surface area contributed by atoms with Crippen molar-refractivity contribution in [3.05, 3.63) is 18.0 Å². The first-order chi connectivity index (χ1) is 11.6. The molecule has 3 rings (SSSR count). The van der Waals surface area contributed by atoms with Gasteiger partial charge in [-0.3, -0.25) is 9.58 Å². The lowest BCUT2D eigenvalue weighted by Crippen LogP contribution is -2.51. The van der Waals surface area contributed by atoms with Crippen molar-refractivity contribution >= 4 is 0 Å². The van der Waals surface area contributed by atoms with Gasteiger partial charge in [0.05, 0.1) is 26.0 Å². The Morgan fingerprint density at radius 3 is 2.62 bits per heavy atom. The highest BCUT2D eigenvalue weighted by molar-refractivity contribution is 5.09. The first kappa shape index (κ1) is 17.9. The maximum atomic E-state index is 5.65. The Bertz CT molecular complexity index is 493. The second kappa shape index (κ2) is 8.43. The van der Waals surface area contributed by atoms with Crippen molar-refractivity contribution < 1.29 is 9.47 Å². The molecule has 0 bridgehead atoms. The molecule has 0 unspecified atom stereocenters. The third-order valence-corrected chi connectivity index (χ3v) is 5.31. The fraction of sp³-hybridized carbons (Fsp3) is 0.833. The molecule has 2 aliphatic rings. The van der Waals surface area contributed by atoms with Gasteiger partial charge in [-0.15, -0.1) is 0 Å². The number of aromatic nitrogens is 2. The summed E-state index contributed by atoms with van der Waals surface area (Å²) in [5, 5.41) is 8.19. The fourth-order valence-electron chi connectivity index (χ4n) is 3.63. The highest BCUT2D eigenvalue weighted by atomic mass is 16.5. The zero-order valence-electron chi connectivity index (χ0n) is 15.3. The molecule has 1 N–H and O–H groups in total. The van der Waals surface area contributed by atoms with Crippen LogP contribution in [0.25, 0.3) is 0 Å². The number of morpholine rings is 1. The van der Waals surface area contributed by atoms with Crippen LogP contribution in [0.2, 0.25) is 0 Å². The van der Waals surface area contributed by atoms with Gasteiger partial charge in [0, 0.05) is 62.0 Å². The van der Waals surface area contributed by atoms with E-state index in [0.717, 1.165) is 46.1 Å². The third-order valence-electron chi connectivity index (χ3n) is 5.31. The number of ether oxygens (including phenoxy) is 2. The van der Waals surface area contributed by atoms with Crippen LogP contribution >= 0.6 is 0 Å². The Labute approximate surface area is 145 Å². The zero-order valence-corrected chi connectivity index (χ0v) is 15.3. The summed E-state index contributed by atoms with van der Waals surface area (Å²) in [6, 6.07) is 1.24. The first-order valence-electron chi connectivity index (χ1n) is 9.32. The van der Waals surface area contributed by atoms with E-state index in [0.29, 0.717) is 24.0 Å². The maximum absolute atomic E-state index is 5.65. The Morgan fingerprint density at radius 1 is 1.21 bits per heavy atom. The van der Waals surface area contributed by atoms with E-state index >= 15 is 0 Å². The normalized spacial score (nSPS) is 25.2. The molecule has 3 atom stereocenters. The number of rotatable bonds is 7. The van der Waals surface area contributed by atoms with E-state index in [1.165, 1.54) is 12.0 Å². The molecule has 0 saturated carbocycles. The quantitative estimate of drug-likeness (QED) is 0.823. The predicted molar refractivity (Wildman–Crippen MR) is 94.1 cm³/mol. The Balaban J connectivity index is 1.59. The molecule has 0 aliphatic carbocycles. The minimum atomic E-state index is 0.309. The van der Waals surface area contributed by atoms with E-state index in [2.05, 4.69) is 42.3 Å². The van der Waals surface area contributed by atoms with Crippen LogP contribution in [0.1, 0.15) is 44.8 Å². The third kappa shape index (κ3) is 4.36. The first-order valence-corrected chi connectivity index (χ1v) is 9.32.